The van der Waals surface area contributed by atoms with Gasteiger partial charge in [0.05, 0.1) is 33.8 Å². The third-order valence-electron chi connectivity index (χ3n) is 16.0. The van der Waals surface area contributed by atoms with Gasteiger partial charge in [0.2, 0.25) is 5.91 Å². The minimum absolute atomic E-state index is 0.0243. The summed E-state index contributed by atoms with van der Waals surface area (Å²) < 4.78 is 30.5. The minimum Gasteiger partial charge on any atom is -0.756 e. The summed E-state index contributed by atoms with van der Waals surface area (Å²) in [5.41, 5.74) is 0. The van der Waals surface area contributed by atoms with Crippen LogP contribution in [0.1, 0.15) is 342 Å². The number of esters is 1. The first-order valence-electron chi connectivity index (χ1n) is 35.6. The molecule has 0 spiro atoms. The molecule has 1 amide bonds. The van der Waals surface area contributed by atoms with Gasteiger partial charge < -0.3 is 28.5 Å². The van der Waals surface area contributed by atoms with Gasteiger partial charge in [0.1, 0.15) is 19.3 Å². The summed E-state index contributed by atoms with van der Waals surface area (Å²) in [6, 6.07) is -0.895. The van der Waals surface area contributed by atoms with E-state index in [-0.39, 0.29) is 24.9 Å². The largest absolute Gasteiger partial charge is 0.756 e. The number of nitrogens with one attached hydrogen (secondary N) is 1. The van der Waals surface area contributed by atoms with Crippen LogP contribution in [-0.2, 0) is 27.9 Å². The number of hydrogen-bond acceptors (Lipinski definition) is 7. The predicted octanol–water partition coefficient (Wildman–Crippen LogP) is 21.9. The van der Waals surface area contributed by atoms with E-state index in [1.165, 1.54) is 218 Å². The molecule has 0 saturated heterocycles. The number of nitrogens with zero attached hydrogens (tertiary/aromatic N) is 1. The van der Waals surface area contributed by atoms with Crippen LogP contribution in [0.15, 0.2) is 60.8 Å². The second kappa shape index (κ2) is 62.8. The van der Waals surface area contributed by atoms with Crippen molar-refractivity contribution in [1.82, 2.24) is 5.32 Å². The molecule has 0 saturated carbocycles. The van der Waals surface area contributed by atoms with E-state index in [2.05, 4.69) is 74.7 Å². The summed E-state index contributed by atoms with van der Waals surface area (Å²) in [4.78, 5) is 40.2. The number of hydrogen-bond donors (Lipinski definition) is 1. The Morgan fingerprint density at radius 1 is 0.422 bits per heavy atom. The molecule has 0 radical (unpaired) electrons. The number of carbonyl (C=O) groups is 2. The van der Waals surface area contributed by atoms with Crippen molar-refractivity contribution in [2.24, 2.45) is 0 Å². The first-order valence-corrected chi connectivity index (χ1v) is 37.1. The Kier molecular flexibility index (Phi) is 61.0. The summed E-state index contributed by atoms with van der Waals surface area (Å²) in [6.45, 7) is 6.86. The van der Waals surface area contributed by atoms with Crippen molar-refractivity contribution < 1.29 is 37.3 Å². The Labute approximate surface area is 515 Å². The first kappa shape index (κ1) is 80.7. The van der Waals surface area contributed by atoms with E-state index in [9.17, 15) is 19.0 Å². The highest BCUT2D eigenvalue weighted by molar-refractivity contribution is 7.45. The molecule has 0 fully saturated rings. The SMILES string of the molecule is CCCCC/C=C\C/C=C\C/C=C\C/C=C\CCCCCCCCCC(=O)NC(COP(=O)([O-])OCC[N+](C)(C)C)C(/C=C/CCCCCCCCCCCCC)OC(=O)CCCCCCCCCCCCCCCCCCCCCCC. The van der Waals surface area contributed by atoms with Crippen LogP contribution in [0.3, 0.4) is 0 Å². The van der Waals surface area contributed by atoms with Crippen LogP contribution in [0.4, 0.5) is 0 Å². The molecule has 0 aliphatic heterocycles. The Morgan fingerprint density at radius 2 is 0.735 bits per heavy atom. The van der Waals surface area contributed by atoms with Crippen molar-refractivity contribution in [2.75, 3.05) is 40.9 Å². The third-order valence-corrected chi connectivity index (χ3v) is 16.9. The molecule has 3 atom stereocenters. The number of phosphoric acid groups is 1. The summed E-state index contributed by atoms with van der Waals surface area (Å²) in [5.74, 6) is -0.538. The second-order valence-corrected chi connectivity index (χ2v) is 26.8. The number of ether oxygens (including phenoxy) is 1. The molecule has 9 nitrogen and oxygen atoms in total. The van der Waals surface area contributed by atoms with Crippen molar-refractivity contribution >= 4 is 19.7 Å². The predicted molar refractivity (Wildman–Crippen MR) is 358 cm³/mol. The average Bonchev–Trinajstić information content (AvgIpc) is 3.46. The van der Waals surface area contributed by atoms with Gasteiger partial charge in [-0.15, -0.1) is 0 Å². The molecule has 0 bridgehead atoms. The highest BCUT2D eigenvalue weighted by Gasteiger charge is 2.27. The highest BCUT2D eigenvalue weighted by Crippen LogP contribution is 2.38. The molecule has 0 aliphatic rings. The molecule has 0 aromatic rings. The maximum Gasteiger partial charge on any atom is 0.306 e. The molecular weight excluding hydrogens is 1050 g/mol. The number of rotatable bonds is 65. The summed E-state index contributed by atoms with van der Waals surface area (Å²) >= 11 is 0. The first-order chi connectivity index (χ1) is 40.4. The zero-order chi connectivity index (χ0) is 60.7. The average molecular weight is 1190 g/mol. The number of likely N-dealkylation sites (N-methyl/N-ethyl adjacent to an activating group) is 1. The number of phosphoric ester groups is 1. The number of unbranched alkanes of at least 4 members (excludes halogenated alkanes) is 41. The zero-order valence-electron chi connectivity index (χ0n) is 55.7. The Hall–Kier alpha value is -2.29. The molecule has 0 heterocycles. The van der Waals surface area contributed by atoms with Crippen molar-refractivity contribution in [2.45, 2.75) is 354 Å². The topological polar surface area (TPSA) is 114 Å². The van der Waals surface area contributed by atoms with Gasteiger partial charge >= 0.3 is 5.97 Å². The van der Waals surface area contributed by atoms with Gasteiger partial charge in [-0.3, -0.25) is 14.2 Å². The number of carbonyl (C=O) groups excluding carboxylic acids is 2. The van der Waals surface area contributed by atoms with Crippen LogP contribution in [0.25, 0.3) is 0 Å². The van der Waals surface area contributed by atoms with Crippen LogP contribution in [-0.4, -0.2) is 69.4 Å². The molecule has 0 rings (SSSR count). The monoisotopic (exact) mass is 1190 g/mol. The summed E-state index contributed by atoms with van der Waals surface area (Å²) in [6.07, 6.45) is 80.5. The number of amides is 1. The number of allylic oxidation sites excluding steroid dienone is 9. The molecule has 83 heavy (non-hydrogen) atoms. The Balaban J connectivity index is 5.14. The highest BCUT2D eigenvalue weighted by atomic mass is 31.2. The molecule has 486 valence electrons. The van der Waals surface area contributed by atoms with E-state index in [1.807, 2.05) is 33.3 Å². The maximum atomic E-state index is 13.6. The lowest BCUT2D eigenvalue weighted by Crippen LogP contribution is -2.47. The summed E-state index contributed by atoms with van der Waals surface area (Å²) in [5, 5.41) is 3.04. The van der Waals surface area contributed by atoms with E-state index >= 15 is 0 Å². The second-order valence-electron chi connectivity index (χ2n) is 25.4. The van der Waals surface area contributed by atoms with Crippen molar-refractivity contribution in [1.29, 1.82) is 0 Å². The third kappa shape index (κ3) is 64.0. The molecule has 0 aromatic carbocycles. The quantitative estimate of drug-likeness (QED) is 0.0212. The van der Waals surface area contributed by atoms with Gasteiger partial charge in [0, 0.05) is 12.8 Å². The van der Waals surface area contributed by atoms with E-state index in [4.69, 9.17) is 13.8 Å². The van der Waals surface area contributed by atoms with Gasteiger partial charge in [0.25, 0.3) is 7.82 Å². The Morgan fingerprint density at radius 3 is 1.12 bits per heavy atom. The van der Waals surface area contributed by atoms with E-state index in [0.29, 0.717) is 17.4 Å². The van der Waals surface area contributed by atoms with Gasteiger partial charge in [-0.2, -0.15) is 0 Å². The standard InChI is InChI=1S/C73H137N2O7P/c1-7-10-13-16-19-22-25-28-30-32-34-36-37-39-40-42-44-47-50-53-56-59-62-65-72(76)74-70(69-81-83(78,79)80-68-67-75(4,5)6)71(64-61-58-55-52-49-46-27-24-21-18-15-12-9-3)82-73(77)66-63-60-57-54-51-48-45-43-41-38-35-33-31-29-26-23-20-17-14-11-8-2/h19,22,28,30,34,36,39-40,61,64,70-71H,7-18,20-21,23-27,29,31-33,35,37-38,41-60,62-63,65-69H2,1-6H3,(H-,74,76,78,79)/b22-19-,30-28-,36-34-,40-39-,64-61+. The number of quaternary nitrogens is 1. The van der Waals surface area contributed by atoms with Crippen LogP contribution >= 0.6 is 7.82 Å². The van der Waals surface area contributed by atoms with Crippen molar-refractivity contribution in [3.8, 4) is 0 Å². The van der Waals surface area contributed by atoms with Gasteiger partial charge in [-0.25, -0.2) is 0 Å². The van der Waals surface area contributed by atoms with Gasteiger partial charge in [0.15, 0.2) is 0 Å². The zero-order valence-corrected chi connectivity index (χ0v) is 56.6. The van der Waals surface area contributed by atoms with Crippen molar-refractivity contribution in [3.05, 3.63) is 60.8 Å². The van der Waals surface area contributed by atoms with Gasteiger partial charge in [-0.05, 0) is 76.7 Å². The molecule has 10 heteroatoms. The molecule has 1 N–H and O–H groups in total. The Bertz CT molecular complexity index is 1600. The van der Waals surface area contributed by atoms with Crippen LogP contribution in [0, 0.1) is 0 Å². The summed E-state index contributed by atoms with van der Waals surface area (Å²) in [7, 11) is 1.19. The lowest BCUT2D eigenvalue weighted by Gasteiger charge is -2.30. The van der Waals surface area contributed by atoms with Crippen LogP contribution in [0.2, 0.25) is 0 Å². The van der Waals surface area contributed by atoms with Crippen LogP contribution in [0.5, 0.6) is 0 Å². The fourth-order valence-electron chi connectivity index (χ4n) is 10.4. The van der Waals surface area contributed by atoms with E-state index in [1.54, 1.807) is 0 Å². The molecule has 3 unspecified atom stereocenters. The van der Waals surface area contributed by atoms with E-state index < -0.39 is 26.6 Å². The van der Waals surface area contributed by atoms with E-state index in [0.717, 1.165) is 89.9 Å². The minimum atomic E-state index is -4.71. The maximum absolute atomic E-state index is 13.6. The lowest BCUT2D eigenvalue weighted by atomic mass is 10.0. The smallest absolute Gasteiger partial charge is 0.306 e. The van der Waals surface area contributed by atoms with Crippen molar-refractivity contribution in [3.63, 3.8) is 0 Å². The fraction of sp³-hybridized carbons (Fsp3) is 0.836. The molecular formula is C73H137N2O7P. The van der Waals surface area contributed by atoms with Crippen LogP contribution < -0.4 is 10.2 Å². The lowest BCUT2D eigenvalue weighted by molar-refractivity contribution is -0.870. The molecule has 0 aliphatic carbocycles. The molecule has 0 aromatic heterocycles. The van der Waals surface area contributed by atoms with Gasteiger partial charge in [-0.1, -0.05) is 313 Å². The fourth-order valence-corrected chi connectivity index (χ4v) is 11.2. The normalized spacial score (nSPS) is 13.9.